The molecule has 174 valence electrons. The van der Waals surface area contributed by atoms with Crippen LogP contribution in [0.3, 0.4) is 0 Å². The first kappa shape index (κ1) is 26.0. The topological polar surface area (TPSA) is 66.8 Å². The second-order valence-corrected chi connectivity index (χ2v) is 10.7. The Kier molecular flexibility index (Phi) is 9.64. The average molecular weight is 589 g/mol. The molecule has 1 amide bonds. The van der Waals surface area contributed by atoms with E-state index >= 15 is 0 Å². The third kappa shape index (κ3) is 7.45. The molecule has 0 saturated carbocycles. The van der Waals surface area contributed by atoms with Crippen molar-refractivity contribution in [3.05, 3.63) is 66.9 Å². The molecule has 1 heterocycles. The zero-order chi connectivity index (χ0) is 24.0. The van der Waals surface area contributed by atoms with Crippen molar-refractivity contribution in [2.24, 2.45) is 0 Å². The number of thioether (sulfide) groups is 1. The number of benzene rings is 2. The molecule has 5 nitrogen and oxygen atoms in total. The van der Waals surface area contributed by atoms with Crippen LogP contribution in [0, 0.1) is 0 Å². The number of unbranched alkanes of at least 4 members (excludes halogenated alkanes) is 2. The van der Waals surface area contributed by atoms with Gasteiger partial charge in [-0.15, -0.1) is 0 Å². The number of nitrogens with zero attached hydrogens (tertiary/aromatic N) is 1. The van der Waals surface area contributed by atoms with Crippen molar-refractivity contribution in [2.75, 3.05) is 6.54 Å². The Bertz CT molecular complexity index is 1110. The predicted octanol–water partition coefficient (Wildman–Crippen LogP) is 7.18. The van der Waals surface area contributed by atoms with Crippen LogP contribution in [0.25, 0.3) is 6.08 Å². The van der Waals surface area contributed by atoms with Crippen LogP contribution in [0.5, 0.6) is 5.75 Å². The van der Waals surface area contributed by atoms with Gasteiger partial charge >= 0.3 is 5.97 Å². The maximum atomic E-state index is 12.9. The zero-order valence-electron chi connectivity index (χ0n) is 17.4. The summed E-state index contributed by atoms with van der Waals surface area (Å²) in [7, 11) is 0. The van der Waals surface area contributed by atoms with E-state index in [4.69, 9.17) is 45.3 Å². The molecule has 10 heteroatoms. The van der Waals surface area contributed by atoms with Gasteiger partial charge in [0.15, 0.2) is 0 Å². The normalized spacial score (nSPS) is 14.9. The molecule has 0 spiro atoms. The third-order valence-electron chi connectivity index (χ3n) is 4.80. The zero-order valence-corrected chi connectivity index (χ0v) is 22.1. The maximum absolute atomic E-state index is 12.9. The van der Waals surface area contributed by atoms with Gasteiger partial charge in [-0.1, -0.05) is 75.6 Å². The molecule has 2 aromatic rings. The first-order valence-electron chi connectivity index (χ1n) is 10.1. The minimum absolute atomic E-state index is 0.130. The molecule has 1 aliphatic heterocycles. The highest BCUT2D eigenvalue weighted by molar-refractivity contribution is 9.10. The van der Waals surface area contributed by atoms with E-state index in [1.165, 1.54) is 11.8 Å². The van der Waals surface area contributed by atoms with Crippen molar-refractivity contribution in [1.82, 2.24) is 4.90 Å². The quantitative estimate of drug-likeness (QED) is 0.180. The molecule has 1 fully saturated rings. The molecule has 3 rings (SSSR count). The number of carbonyl (C=O) groups excluding carboxylic acids is 1. The van der Waals surface area contributed by atoms with Gasteiger partial charge in [0, 0.05) is 38.6 Å². The van der Waals surface area contributed by atoms with Crippen LogP contribution in [-0.2, 0) is 16.2 Å². The number of amides is 1. The molecule has 0 bridgehead atoms. The molecule has 1 saturated heterocycles. The van der Waals surface area contributed by atoms with E-state index in [1.807, 2.05) is 24.3 Å². The van der Waals surface area contributed by atoms with Gasteiger partial charge in [-0.3, -0.25) is 14.5 Å². The summed E-state index contributed by atoms with van der Waals surface area (Å²) in [4.78, 5) is 25.6. The molecular formula is C23H20BrCl2NO4S2. The Morgan fingerprint density at radius 3 is 2.70 bits per heavy atom. The van der Waals surface area contributed by atoms with E-state index in [0.29, 0.717) is 44.4 Å². The van der Waals surface area contributed by atoms with E-state index in [-0.39, 0.29) is 18.9 Å². The van der Waals surface area contributed by atoms with E-state index < -0.39 is 5.97 Å². The van der Waals surface area contributed by atoms with Gasteiger partial charge in [0.1, 0.15) is 16.7 Å². The van der Waals surface area contributed by atoms with Crippen molar-refractivity contribution >= 4 is 85.4 Å². The summed E-state index contributed by atoms with van der Waals surface area (Å²) >= 11 is 22.3. The van der Waals surface area contributed by atoms with Crippen molar-refractivity contribution in [1.29, 1.82) is 0 Å². The smallest absolute Gasteiger partial charge is 0.303 e. The van der Waals surface area contributed by atoms with Crippen LogP contribution < -0.4 is 4.74 Å². The highest BCUT2D eigenvalue weighted by atomic mass is 79.9. The summed E-state index contributed by atoms with van der Waals surface area (Å²) in [6.07, 6.45) is 3.90. The van der Waals surface area contributed by atoms with Crippen molar-refractivity contribution in [3.8, 4) is 5.75 Å². The van der Waals surface area contributed by atoms with Crippen LogP contribution >= 0.6 is 63.1 Å². The second-order valence-electron chi connectivity index (χ2n) is 7.24. The molecule has 0 aromatic heterocycles. The number of aliphatic carboxylic acids is 1. The van der Waals surface area contributed by atoms with E-state index in [1.54, 1.807) is 23.1 Å². The molecule has 0 radical (unpaired) electrons. The standard InChI is InChI=1S/C23H20BrCl2NO4S2/c24-16-6-8-19(31-13-14-5-7-17(25)12-18(14)26)15(10-16)11-20-22(30)27(23(32)33-20)9-3-1-2-4-21(28)29/h5-8,10-12H,1-4,9,13H2,(H,28,29)/b20-11+. The fraction of sp³-hybridized carbons (Fsp3) is 0.261. The molecule has 1 aliphatic rings. The van der Waals surface area contributed by atoms with Gasteiger partial charge in [-0.25, -0.2) is 0 Å². The lowest BCUT2D eigenvalue weighted by Crippen LogP contribution is -2.29. The number of hydrogen-bond acceptors (Lipinski definition) is 5. The minimum Gasteiger partial charge on any atom is -0.488 e. The van der Waals surface area contributed by atoms with Gasteiger partial charge in [0.2, 0.25) is 0 Å². The fourth-order valence-electron chi connectivity index (χ4n) is 3.11. The number of rotatable bonds is 10. The lowest BCUT2D eigenvalue weighted by Gasteiger charge is -2.14. The molecular weight excluding hydrogens is 569 g/mol. The fourth-order valence-corrected chi connectivity index (χ4v) is 5.26. The summed E-state index contributed by atoms with van der Waals surface area (Å²) in [5, 5.41) is 9.80. The summed E-state index contributed by atoms with van der Waals surface area (Å²) in [5.41, 5.74) is 1.53. The minimum atomic E-state index is -0.811. The summed E-state index contributed by atoms with van der Waals surface area (Å²) in [6, 6.07) is 10.8. The summed E-state index contributed by atoms with van der Waals surface area (Å²) in [5.74, 6) is -0.369. The van der Waals surface area contributed by atoms with Crippen molar-refractivity contribution in [2.45, 2.75) is 32.3 Å². The highest BCUT2D eigenvalue weighted by Gasteiger charge is 2.31. The van der Waals surface area contributed by atoms with Crippen LogP contribution in [-0.4, -0.2) is 32.7 Å². The third-order valence-corrected chi connectivity index (χ3v) is 7.26. The Balaban J connectivity index is 1.70. The van der Waals surface area contributed by atoms with Crippen LogP contribution in [0.4, 0.5) is 0 Å². The Hall–Kier alpha value is -1.58. The second kappa shape index (κ2) is 12.2. The lowest BCUT2D eigenvalue weighted by molar-refractivity contribution is -0.137. The first-order chi connectivity index (χ1) is 15.7. The van der Waals surface area contributed by atoms with Crippen molar-refractivity contribution in [3.63, 3.8) is 0 Å². The predicted molar refractivity (Wildman–Crippen MR) is 141 cm³/mol. The molecule has 0 atom stereocenters. The molecule has 0 aliphatic carbocycles. The molecule has 0 unspecified atom stereocenters. The molecule has 1 N–H and O–H groups in total. The Labute approximate surface area is 220 Å². The Morgan fingerprint density at radius 2 is 1.97 bits per heavy atom. The van der Waals surface area contributed by atoms with E-state index in [0.717, 1.165) is 22.0 Å². The number of carboxylic acid groups (broad SMARTS) is 1. The summed E-state index contributed by atoms with van der Waals surface area (Å²) in [6.45, 7) is 0.717. The monoisotopic (exact) mass is 587 g/mol. The number of ether oxygens (including phenoxy) is 1. The maximum Gasteiger partial charge on any atom is 0.303 e. The number of carbonyl (C=O) groups is 2. The van der Waals surface area contributed by atoms with E-state index in [9.17, 15) is 9.59 Å². The van der Waals surface area contributed by atoms with Crippen LogP contribution in [0.1, 0.15) is 36.8 Å². The average Bonchev–Trinajstić information content (AvgIpc) is 3.01. The summed E-state index contributed by atoms with van der Waals surface area (Å²) < 4.78 is 7.34. The lowest BCUT2D eigenvalue weighted by atomic mass is 10.1. The van der Waals surface area contributed by atoms with Crippen LogP contribution in [0.2, 0.25) is 10.0 Å². The first-order valence-corrected chi connectivity index (χ1v) is 12.9. The molecule has 2 aromatic carbocycles. The van der Waals surface area contributed by atoms with Crippen LogP contribution in [0.15, 0.2) is 45.8 Å². The highest BCUT2D eigenvalue weighted by Crippen LogP contribution is 2.35. The van der Waals surface area contributed by atoms with Crippen molar-refractivity contribution < 1.29 is 19.4 Å². The Morgan fingerprint density at radius 1 is 1.18 bits per heavy atom. The van der Waals surface area contributed by atoms with Gasteiger partial charge in [0.05, 0.1) is 4.91 Å². The van der Waals surface area contributed by atoms with Gasteiger partial charge in [0.25, 0.3) is 5.91 Å². The number of thiocarbonyl (C=S) groups is 1. The SMILES string of the molecule is O=C(O)CCCCCN1C(=O)/C(=C\c2cc(Br)ccc2OCc2ccc(Cl)cc2Cl)SC1=S. The number of hydrogen-bond donors (Lipinski definition) is 1. The van der Waals surface area contributed by atoms with Gasteiger partial charge < -0.3 is 9.84 Å². The number of carboxylic acids is 1. The number of halogens is 3. The largest absolute Gasteiger partial charge is 0.488 e. The van der Waals surface area contributed by atoms with E-state index in [2.05, 4.69) is 15.9 Å². The van der Waals surface area contributed by atoms with Gasteiger partial charge in [-0.2, -0.15) is 0 Å². The van der Waals surface area contributed by atoms with Gasteiger partial charge in [-0.05, 0) is 49.2 Å². The molecule has 33 heavy (non-hydrogen) atoms.